The Hall–Kier alpha value is -4.66. The molecule has 0 saturated carbocycles. The number of ether oxygens (including phenoxy) is 1. The maximum atomic E-state index is 15.2. The van der Waals surface area contributed by atoms with Crippen LogP contribution in [0.5, 0.6) is 5.75 Å². The minimum absolute atomic E-state index is 0.0598. The van der Waals surface area contributed by atoms with E-state index in [1.807, 2.05) is 24.3 Å². The average Bonchev–Trinajstić information content (AvgIpc) is 3.02. The van der Waals surface area contributed by atoms with Gasteiger partial charge >= 0.3 is 6.11 Å². The molecular formula is C38H30F8O. The molecule has 0 aromatic heterocycles. The molecule has 5 aromatic carbocycles. The summed E-state index contributed by atoms with van der Waals surface area (Å²) in [5.41, 5.74) is 0.147. The van der Waals surface area contributed by atoms with E-state index < -0.39 is 53.2 Å². The summed E-state index contributed by atoms with van der Waals surface area (Å²) in [6.45, 7) is 1.34. The number of unbranched alkanes of at least 4 members (excludes halogenated alkanes) is 2. The zero-order valence-electron chi connectivity index (χ0n) is 25.3. The van der Waals surface area contributed by atoms with Crippen LogP contribution in [-0.4, -0.2) is 6.67 Å². The summed E-state index contributed by atoms with van der Waals surface area (Å²) in [7, 11) is 0. The minimum Gasteiger partial charge on any atom is -0.429 e. The van der Waals surface area contributed by atoms with E-state index in [1.165, 1.54) is 24.3 Å². The van der Waals surface area contributed by atoms with Crippen LogP contribution in [0.15, 0.2) is 91.0 Å². The molecule has 244 valence electrons. The van der Waals surface area contributed by atoms with Gasteiger partial charge in [-0.05, 0) is 82.6 Å². The highest BCUT2D eigenvalue weighted by Crippen LogP contribution is 2.39. The number of alkyl halides is 3. The molecule has 5 rings (SSSR count). The Bertz CT molecular complexity index is 1840. The molecule has 0 unspecified atom stereocenters. The van der Waals surface area contributed by atoms with Crippen LogP contribution in [0, 0.1) is 29.1 Å². The van der Waals surface area contributed by atoms with Crippen molar-refractivity contribution >= 4 is 0 Å². The topological polar surface area (TPSA) is 9.23 Å². The molecule has 0 radical (unpaired) electrons. The number of benzene rings is 5. The lowest BCUT2D eigenvalue weighted by atomic mass is 9.97. The Morgan fingerprint density at radius 1 is 0.553 bits per heavy atom. The lowest BCUT2D eigenvalue weighted by Crippen LogP contribution is -2.25. The molecule has 9 heteroatoms. The normalized spacial score (nSPS) is 11.6. The minimum atomic E-state index is -4.59. The zero-order chi connectivity index (χ0) is 33.7. The molecule has 0 N–H and O–H groups in total. The van der Waals surface area contributed by atoms with Crippen molar-refractivity contribution in [3.8, 4) is 39.1 Å². The Morgan fingerprint density at radius 2 is 1.13 bits per heavy atom. The molecule has 0 heterocycles. The standard InChI is InChI=1S/C38H30F8O/c1-2-3-4-5-23-6-8-24(9-7-23)26-12-14-31(33(41)18-26)28-20-35(43)37(36(44)21-28)38(45,46)47-29-13-15-30(34(42)22-29)27-11-10-25(16-17-39)32(40)19-27/h6-15,18-22H,2-5,16-17H2,1H3. The summed E-state index contributed by atoms with van der Waals surface area (Å²) in [4.78, 5) is 0. The van der Waals surface area contributed by atoms with Crippen LogP contribution >= 0.6 is 0 Å². The van der Waals surface area contributed by atoms with Gasteiger partial charge in [-0.3, -0.25) is 4.39 Å². The van der Waals surface area contributed by atoms with Crippen molar-refractivity contribution in [3.63, 3.8) is 0 Å². The molecule has 0 aliphatic carbocycles. The van der Waals surface area contributed by atoms with Crippen molar-refractivity contribution < 1.29 is 39.9 Å². The highest BCUT2D eigenvalue weighted by atomic mass is 19.3. The summed E-state index contributed by atoms with van der Waals surface area (Å²) in [6, 6.07) is 19.0. The van der Waals surface area contributed by atoms with Crippen molar-refractivity contribution in [1.29, 1.82) is 0 Å². The summed E-state index contributed by atoms with van der Waals surface area (Å²) >= 11 is 0. The van der Waals surface area contributed by atoms with Gasteiger partial charge in [0.15, 0.2) is 0 Å². The first-order chi connectivity index (χ1) is 22.5. The third-order valence-electron chi connectivity index (χ3n) is 7.88. The Balaban J connectivity index is 1.34. The van der Waals surface area contributed by atoms with Crippen molar-refractivity contribution in [3.05, 3.63) is 137 Å². The number of hydrogen-bond acceptors (Lipinski definition) is 1. The van der Waals surface area contributed by atoms with Crippen LogP contribution in [0.4, 0.5) is 35.1 Å². The molecule has 1 nitrogen and oxygen atoms in total. The highest BCUT2D eigenvalue weighted by molar-refractivity contribution is 5.72. The van der Waals surface area contributed by atoms with Crippen LogP contribution in [0.3, 0.4) is 0 Å². The number of aryl methyl sites for hydroxylation is 2. The Kier molecular flexibility index (Phi) is 10.3. The lowest BCUT2D eigenvalue weighted by molar-refractivity contribution is -0.189. The second-order valence-corrected chi connectivity index (χ2v) is 11.2. The molecule has 0 atom stereocenters. The smallest absolute Gasteiger partial charge is 0.429 e. The molecule has 0 aliphatic rings. The number of hydrogen-bond donors (Lipinski definition) is 0. The maximum absolute atomic E-state index is 15.2. The van der Waals surface area contributed by atoms with Gasteiger partial charge in [0.1, 0.15) is 40.4 Å². The van der Waals surface area contributed by atoms with Crippen LogP contribution in [0.1, 0.15) is 42.9 Å². The fraction of sp³-hybridized carbons (Fsp3) is 0.211. The van der Waals surface area contributed by atoms with Gasteiger partial charge in [-0.15, -0.1) is 0 Å². The predicted octanol–water partition coefficient (Wildman–Crippen LogP) is 11.8. The predicted molar refractivity (Wildman–Crippen MR) is 166 cm³/mol. The van der Waals surface area contributed by atoms with Gasteiger partial charge in [0.2, 0.25) is 0 Å². The molecule has 5 aromatic rings. The fourth-order valence-electron chi connectivity index (χ4n) is 5.39. The first-order valence-electron chi connectivity index (χ1n) is 15.1. The Morgan fingerprint density at radius 3 is 1.74 bits per heavy atom. The van der Waals surface area contributed by atoms with Gasteiger partial charge in [0, 0.05) is 23.6 Å². The van der Waals surface area contributed by atoms with Gasteiger partial charge in [0.25, 0.3) is 0 Å². The average molecular weight is 655 g/mol. The largest absolute Gasteiger partial charge is 0.432 e. The monoisotopic (exact) mass is 654 g/mol. The van der Waals surface area contributed by atoms with E-state index in [-0.39, 0.29) is 34.2 Å². The van der Waals surface area contributed by atoms with Crippen LogP contribution < -0.4 is 4.74 Å². The summed E-state index contributed by atoms with van der Waals surface area (Å²) < 4.78 is 122. The molecule has 0 bridgehead atoms. The SMILES string of the molecule is CCCCCc1ccc(-c2ccc(-c3cc(F)c(C(F)(F)Oc4ccc(-c5ccc(CCF)c(F)c5)c(F)c4)c(F)c3)c(F)c2)cc1. The highest BCUT2D eigenvalue weighted by Gasteiger charge is 2.41. The third-order valence-corrected chi connectivity index (χ3v) is 7.88. The summed E-state index contributed by atoms with van der Waals surface area (Å²) in [5, 5.41) is 0. The van der Waals surface area contributed by atoms with E-state index in [0.717, 1.165) is 55.0 Å². The van der Waals surface area contributed by atoms with Crippen molar-refractivity contribution in [1.82, 2.24) is 0 Å². The molecule has 0 aliphatic heterocycles. The third kappa shape index (κ3) is 7.67. The first kappa shape index (κ1) is 33.7. The van der Waals surface area contributed by atoms with Gasteiger partial charge in [-0.1, -0.05) is 68.3 Å². The second-order valence-electron chi connectivity index (χ2n) is 11.2. The van der Waals surface area contributed by atoms with E-state index in [1.54, 1.807) is 6.07 Å². The lowest BCUT2D eigenvalue weighted by Gasteiger charge is -2.20. The zero-order valence-corrected chi connectivity index (χ0v) is 25.3. The quantitative estimate of drug-likeness (QED) is 0.0961. The second kappa shape index (κ2) is 14.4. The van der Waals surface area contributed by atoms with Crippen LogP contribution in [-0.2, 0) is 19.0 Å². The molecule has 0 amide bonds. The van der Waals surface area contributed by atoms with Crippen LogP contribution in [0.2, 0.25) is 0 Å². The number of halogens is 8. The number of rotatable bonds is 12. The van der Waals surface area contributed by atoms with E-state index in [9.17, 15) is 13.2 Å². The summed E-state index contributed by atoms with van der Waals surface area (Å²) in [6.07, 6.45) is -0.521. The molecule has 0 fully saturated rings. The molecule has 47 heavy (non-hydrogen) atoms. The first-order valence-corrected chi connectivity index (χ1v) is 15.1. The van der Waals surface area contributed by atoms with Gasteiger partial charge in [0.05, 0.1) is 6.67 Å². The van der Waals surface area contributed by atoms with Gasteiger partial charge < -0.3 is 4.74 Å². The van der Waals surface area contributed by atoms with Crippen LogP contribution in [0.25, 0.3) is 33.4 Å². The van der Waals surface area contributed by atoms with E-state index in [4.69, 9.17) is 0 Å². The summed E-state index contributed by atoms with van der Waals surface area (Å²) in [5.74, 6) is -6.81. The van der Waals surface area contributed by atoms with E-state index in [2.05, 4.69) is 11.7 Å². The Labute approximate surface area is 267 Å². The van der Waals surface area contributed by atoms with E-state index >= 15 is 22.0 Å². The van der Waals surface area contributed by atoms with Crippen molar-refractivity contribution in [2.24, 2.45) is 0 Å². The van der Waals surface area contributed by atoms with Gasteiger partial charge in [-0.25, -0.2) is 22.0 Å². The van der Waals surface area contributed by atoms with Crippen molar-refractivity contribution in [2.45, 2.75) is 45.1 Å². The van der Waals surface area contributed by atoms with Crippen molar-refractivity contribution in [2.75, 3.05) is 6.67 Å². The molecular weight excluding hydrogens is 624 g/mol. The van der Waals surface area contributed by atoms with E-state index in [0.29, 0.717) is 23.8 Å². The molecule has 0 spiro atoms. The fourth-order valence-corrected chi connectivity index (χ4v) is 5.39. The van der Waals surface area contributed by atoms with Gasteiger partial charge in [-0.2, -0.15) is 8.78 Å². The molecule has 0 saturated heterocycles. The maximum Gasteiger partial charge on any atom is 0.432 e.